The molecule has 0 radical (unpaired) electrons. The lowest BCUT2D eigenvalue weighted by molar-refractivity contribution is -0.119. The maximum atomic E-state index is 12.9. The minimum atomic E-state index is -0.514. The first-order valence-electron chi connectivity index (χ1n) is 11.3. The lowest BCUT2D eigenvalue weighted by Crippen LogP contribution is -2.24. The van der Waals surface area contributed by atoms with Crippen LogP contribution >= 0.6 is 0 Å². The van der Waals surface area contributed by atoms with Crippen LogP contribution in [0.1, 0.15) is 42.2 Å². The van der Waals surface area contributed by atoms with Crippen molar-refractivity contribution in [1.82, 2.24) is 9.55 Å². The standard InChI is InChI=1S/C25H30N4O4/c1-4-29-22(25(31)32-3)21(28-24(30)18-10-11-33-15-18)20-12-19(14-27-23(20)29)26-13-16(2)17-8-6-5-7-9-17/h5-9,12,14,16,18,26H,4,10-11,13,15H2,1-3H3,(H,28,30)/t16-,18-/m1/s1. The van der Waals surface area contributed by atoms with Gasteiger partial charge in [-0.1, -0.05) is 37.3 Å². The number of pyridine rings is 1. The minimum absolute atomic E-state index is 0.163. The van der Waals surface area contributed by atoms with Crippen molar-refractivity contribution in [2.24, 2.45) is 5.92 Å². The summed E-state index contributed by atoms with van der Waals surface area (Å²) in [6.07, 6.45) is 2.41. The number of nitrogens with zero attached hydrogens (tertiary/aromatic N) is 2. The van der Waals surface area contributed by atoms with E-state index in [0.29, 0.717) is 54.5 Å². The SMILES string of the molecule is CCn1c(C(=O)OC)c(NC(=O)[C@@H]2CCOC2)c2cc(NC[C@@H](C)c3ccccc3)cnc21. The molecule has 1 aliphatic heterocycles. The van der Waals surface area contributed by atoms with Crippen molar-refractivity contribution < 1.29 is 19.1 Å². The number of ether oxygens (including phenoxy) is 2. The number of anilines is 2. The first-order valence-corrected chi connectivity index (χ1v) is 11.3. The van der Waals surface area contributed by atoms with Gasteiger partial charge in [-0.05, 0) is 30.9 Å². The van der Waals surface area contributed by atoms with Crippen LogP contribution in [-0.2, 0) is 20.8 Å². The Labute approximate surface area is 193 Å². The predicted octanol–water partition coefficient (Wildman–Crippen LogP) is 4.03. The van der Waals surface area contributed by atoms with Gasteiger partial charge in [0, 0.05) is 25.1 Å². The fourth-order valence-corrected chi connectivity index (χ4v) is 4.20. The van der Waals surface area contributed by atoms with Gasteiger partial charge in [0.05, 0.1) is 37.2 Å². The third-order valence-electron chi connectivity index (χ3n) is 6.12. The quantitative estimate of drug-likeness (QED) is 0.503. The average molecular weight is 451 g/mol. The van der Waals surface area contributed by atoms with E-state index >= 15 is 0 Å². The van der Waals surface area contributed by atoms with Crippen molar-refractivity contribution in [3.05, 3.63) is 53.9 Å². The van der Waals surface area contributed by atoms with Crippen molar-refractivity contribution in [1.29, 1.82) is 0 Å². The van der Waals surface area contributed by atoms with Gasteiger partial charge in [0.25, 0.3) is 0 Å². The van der Waals surface area contributed by atoms with Crippen molar-refractivity contribution in [2.45, 2.75) is 32.7 Å². The molecular weight excluding hydrogens is 420 g/mol. The number of hydrogen-bond acceptors (Lipinski definition) is 6. The fourth-order valence-electron chi connectivity index (χ4n) is 4.20. The lowest BCUT2D eigenvalue weighted by atomic mass is 10.0. The molecule has 1 fully saturated rings. The molecule has 1 aliphatic rings. The van der Waals surface area contributed by atoms with Crippen LogP contribution < -0.4 is 10.6 Å². The molecule has 3 heterocycles. The Morgan fingerprint density at radius 3 is 2.76 bits per heavy atom. The normalized spacial score (nSPS) is 16.5. The van der Waals surface area contributed by atoms with E-state index in [-0.39, 0.29) is 11.8 Å². The van der Waals surface area contributed by atoms with Crippen LogP contribution in [0.3, 0.4) is 0 Å². The summed E-state index contributed by atoms with van der Waals surface area (Å²) in [5, 5.41) is 7.11. The summed E-state index contributed by atoms with van der Waals surface area (Å²) in [5.74, 6) is -0.616. The fraction of sp³-hybridized carbons (Fsp3) is 0.400. The van der Waals surface area contributed by atoms with E-state index in [2.05, 4.69) is 34.7 Å². The van der Waals surface area contributed by atoms with Gasteiger partial charge in [0.2, 0.25) is 5.91 Å². The maximum Gasteiger partial charge on any atom is 0.356 e. The Balaban J connectivity index is 1.67. The predicted molar refractivity (Wildman–Crippen MR) is 128 cm³/mol. The highest BCUT2D eigenvalue weighted by Crippen LogP contribution is 2.33. The van der Waals surface area contributed by atoms with Crippen LogP contribution in [-0.4, -0.2) is 48.3 Å². The molecule has 3 aromatic rings. The topological polar surface area (TPSA) is 94.5 Å². The van der Waals surface area contributed by atoms with Gasteiger partial charge >= 0.3 is 5.97 Å². The van der Waals surface area contributed by atoms with Gasteiger partial charge in [-0.2, -0.15) is 0 Å². The number of fused-ring (bicyclic) bond motifs is 1. The van der Waals surface area contributed by atoms with Crippen LogP contribution in [0.25, 0.3) is 11.0 Å². The third kappa shape index (κ3) is 4.71. The second-order valence-electron chi connectivity index (χ2n) is 8.30. The van der Waals surface area contributed by atoms with Crippen molar-refractivity contribution in [3.63, 3.8) is 0 Å². The summed E-state index contributed by atoms with van der Waals surface area (Å²) < 4.78 is 12.2. The highest BCUT2D eigenvalue weighted by Gasteiger charge is 2.29. The van der Waals surface area contributed by atoms with E-state index in [4.69, 9.17) is 9.47 Å². The lowest BCUT2D eigenvalue weighted by Gasteiger charge is -2.14. The van der Waals surface area contributed by atoms with E-state index in [1.165, 1.54) is 12.7 Å². The van der Waals surface area contributed by atoms with E-state index in [1.54, 1.807) is 10.8 Å². The number of carbonyl (C=O) groups excluding carboxylic acids is 2. The number of aromatic nitrogens is 2. The van der Waals surface area contributed by atoms with E-state index < -0.39 is 5.97 Å². The summed E-state index contributed by atoms with van der Waals surface area (Å²) in [6.45, 7) is 6.26. The van der Waals surface area contributed by atoms with E-state index in [9.17, 15) is 9.59 Å². The molecule has 0 bridgehead atoms. The maximum absolute atomic E-state index is 12.9. The van der Waals surface area contributed by atoms with Gasteiger partial charge in [-0.3, -0.25) is 4.79 Å². The summed E-state index contributed by atoms with van der Waals surface area (Å²) >= 11 is 0. The molecule has 1 amide bonds. The van der Waals surface area contributed by atoms with Crippen LogP contribution in [0.2, 0.25) is 0 Å². The number of rotatable bonds is 8. The van der Waals surface area contributed by atoms with Crippen molar-refractivity contribution >= 4 is 34.3 Å². The van der Waals surface area contributed by atoms with Gasteiger partial charge < -0.3 is 24.7 Å². The number of aryl methyl sites for hydroxylation is 1. The third-order valence-corrected chi connectivity index (χ3v) is 6.12. The Bertz CT molecular complexity index is 1140. The van der Waals surface area contributed by atoms with Crippen LogP contribution in [0.5, 0.6) is 0 Å². The second-order valence-corrected chi connectivity index (χ2v) is 8.30. The Kier molecular flexibility index (Phi) is 6.93. The smallest absolute Gasteiger partial charge is 0.356 e. The molecule has 1 aromatic carbocycles. The minimum Gasteiger partial charge on any atom is -0.464 e. The number of esters is 1. The number of methoxy groups -OCH3 is 1. The number of hydrogen-bond donors (Lipinski definition) is 2. The number of carbonyl (C=O) groups is 2. The van der Waals surface area contributed by atoms with Gasteiger partial charge in [-0.25, -0.2) is 9.78 Å². The Morgan fingerprint density at radius 2 is 2.09 bits per heavy atom. The first-order chi connectivity index (χ1) is 16.0. The zero-order chi connectivity index (χ0) is 23.4. The highest BCUT2D eigenvalue weighted by atomic mass is 16.5. The van der Waals surface area contributed by atoms with E-state index in [1.807, 2.05) is 31.2 Å². The molecule has 8 nitrogen and oxygen atoms in total. The number of benzene rings is 1. The summed E-state index contributed by atoms with van der Waals surface area (Å²) in [7, 11) is 1.34. The average Bonchev–Trinajstić information content (AvgIpc) is 3.49. The molecule has 8 heteroatoms. The molecule has 2 aromatic heterocycles. The van der Waals surface area contributed by atoms with Gasteiger partial charge in [0.15, 0.2) is 5.69 Å². The molecule has 0 unspecified atom stereocenters. The molecule has 174 valence electrons. The summed E-state index contributed by atoms with van der Waals surface area (Å²) in [6, 6.07) is 12.2. The van der Waals surface area contributed by atoms with Crippen LogP contribution in [0.4, 0.5) is 11.4 Å². The van der Waals surface area contributed by atoms with Crippen LogP contribution in [0, 0.1) is 5.92 Å². The van der Waals surface area contributed by atoms with Gasteiger partial charge in [-0.15, -0.1) is 0 Å². The molecular formula is C25H30N4O4. The van der Waals surface area contributed by atoms with E-state index in [0.717, 1.165) is 12.2 Å². The zero-order valence-corrected chi connectivity index (χ0v) is 19.3. The Morgan fingerprint density at radius 1 is 1.30 bits per heavy atom. The largest absolute Gasteiger partial charge is 0.464 e. The van der Waals surface area contributed by atoms with Gasteiger partial charge in [0.1, 0.15) is 5.65 Å². The first kappa shape index (κ1) is 22.8. The molecule has 4 rings (SSSR count). The zero-order valence-electron chi connectivity index (χ0n) is 19.3. The molecule has 0 saturated carbocycles. The molecule has 1 saturated heterocycles. The van der Waals surface area contributed by atoms with Crippen LogP contribution in [0.15, 0.2) is 42.6 Å². The van der Waals surface area contributed by atoms with Crippen molar-refractivity contribution in [3.8, 4) is 0 Å². The second kappa shape index (κ2) is 10.0. The summed E-state index contributed by atoms with van der Waals surface area (Å²) in [5.41, 5.74) is 3.41. The number of nitrogens with one attached hydrogen (secondary N) is 2. The molecule has 0 aliphatic carbocycles. The molecule has 2 N–H and O–H groups in total. The monoisotopic (exact) mass is 450 g/mol. The molecule has 2 atom stereocenters. The summed E-state index contributed by atoms with van der Waals surface area (Å²) in [4.78, 5) is 30.2. The Hall–Kier alpha value is -3.39. The highest BCUT2D eigenvalue weighted by molar-refractivity contribution is 6.11. The molecule has 33 heavy (non-hydrogen) atoms. The van der Waals surface area contributed by atoms with Crippen molar-refractivity contribution in [2.75, 3.05) is 37.5 Å². The number of amides is 1. The molecule has 0 spiro atoms.